The molecule has 1 aliphatic heterocycles. The molecule has 4 rings (SSSR count). The van der Waals surface area contributed by atoms with Crippen molar-refractivity contribution in [2.75, 3.05) is 26.2 Å². The molecule has 2 heterocycles. The van der Waals surface area contributed by atoms with E-state index in [2.05, 4.69) is 5.10 Å². The van der Waals surface area contributed by atoms with E-state index in [1.54, 1.807) is 40.0 Å². The van der Waals surface area contributed by atoms with Crippen LogP contribution in [0.2, 0.25) is 0 Å². The standard InChI is InChI=1S/C22H24N4O3S/c1-17-4-9-21(16-18(17)2)30(28,29)25-14-12-24(13-15-25)22(27)19-5-7-20(8-6-19)26-11-3-10-23-26/h3-11,16H,12-15H2,1-2H3. The van der Waals surface area contributed by atoms with Gasteiger partial charge >= 0.3 is 0 Å². The van der Waals surface area contributed by atoms with Gasteiger partial charge in [0.1, 0.15) is 0 Å². The molecule has 2 aromatic carbocycles. The molecule has 0 bridgehead atoms. The van der Waals surface area contributed by atoms with Crippen molar-refractivity contribution in [3.05, 3.63) is 77.6 Å². The Hall–Kier alpha value is -2.97. The highest BCUT2D eigenvalue weighted by Gasteiger charge is 2.30. The molecule has 0 spiro atoms. The van der Waals surface area contributed by atoms with Crippen molar-refractivity contribution in [2.24, 2.45) is 0 Å². The number of benzene rings is 2. The van der Waals surface area contributed by atoms with Crippen molar-refractivity contribution in [1.82, 2.24) is 19.0 Å². The summed E-state index contributed by atoms with van der Waals surface area (Å²) < 4.78 is 29.1. The zero-order chi connectivity index (χ0) is 21.3. The highest BCUT2D eigenvalue weighted by molar-refractivity contribution is 7.89. The molecule has 30 heavy (non-hydrogen) atoms. The summed E-state index contributed by atoms with van der Waals surface area (Å²) in [4.78, 5) is 14.9. The number of aryl methyl sites for hydroxylation is 2. The number of piperazine rings is 1. The lowest BCUT2D eigenvalue weighted by molar-refractivity contribution is 0.0698. The van der Waals surface area contributed by atoms with Crippen molar-refractivity contribution in [3.63, 3.8) is 0 Å². The Bertz CT molecular complexity index is 1150. The largest absolute Gasteiger partial charge is 0.336 e. The van der Waals surface area contributed by atoms with Crippen LogP contribution in [0.5, 0.6) is 0 Å². The van der Waals surface area contributed by atoms with Gasteiger partial charge in [0.05, 0.1) is 10.6 Å². The van der Waals surface area contributed by atoms with Gasteiger partial charge in [0.2, 0.25) is 10.0 Å². The smallest absolute Gasteiger partial charge is 0.253 e. The van der Waals surface area contributed by atoms with Gasteiger partial charge in [0, 0.05) is 44.1 Å². The Morgan fingerprint density at radius 1 is 0.933 bits per heavy atom. The normalized spacial score (nSPS) is 15.3. The van der Waals surface area contributed by atoms with Gasteiger partial charge in [-0.15, -0.1) is 0 Å². The van der Waals surface area contributed by atoms with Crippen LogP contribution in [0.3, 0.4) is 0 Å². The van der Waals surface area contributed by atoms with Crippen LogP contribution in [0.15, 0.2) is 65.8 Å². The van der Waals surface area contributed by atoms with E-state index in [9.17, 15) is 13.2 Å². The zero-order valence-electron chi connectivity index (χ0n) is 17.0. The SMILES string of the molecule is Cc1ccc(S(=O)(=O)N2CCN(C(=O)c3ccc(-n4cccn4)cc3)CC2)cc1C. The maximum absolute atomic E-state index is 13.0. The van der Waals surface area contributed by atoms with Crippen molar-refractivity contribution >= 4 is 15.9 Å². The van der Waals surface area contributed by atoms with Crippen molar-refractivity contribution in [1.29, 1.82) is 0 Å². The molecule has 1 saturated heterocycles. The second-order valence-electron chi connectivity index (χ2n) is 7.44. The molecule has 7 nitrogen and oxygen atoms in total. The van der Waals surface area contributed by atoms with Crippen LogP contribution >= 0.6 is 0 Å². The van der Waals surface area contributed by atoms with Gasteiger partial charge in [-0.2, -0.15) is 9.40 Å². The van der Waals surface area contributed by atoms with E-state index in [0.717, 1.165) is 16.8 Å². The van der Waals surface area contributed by atoms with E-state index < -0.39 is 10.0 Å². The van der Waals surface area contributed by atoms with E-state index in [1.165, 1.54) is 4.31 Å². The zero-order valence-corrected chi connectivity index (χ0v) is 17.8. The molecule has 0 N–H and O–H groups in total. The second-order valence-corrected chi connectivity index (χ2v) is 9.38. The molecule has 0 atom stereocenters. The average Bonchev–Trinajstić information content (AvgIpc) is 3.30. The number of amides is 1. The highest BCUT2D eigenvalue weighted by atomic mass is 32.2. The first-order valence-electron chi connectivity index (χ1n) is 9.83. The third-order valence-electron chi connectivity index (χ3n) is 5.53. The van der Waals surface area contributed by atoms with Gasteiger partial charge < -0.3 is 4.90 Å². The van der Waals surface area contributed by atoms with Crippen molar-refractivity contribution in [3.8, 4) is 5.69 Å². The van der Waals surface area contributed by atoms with E-state index >= 15 is 0 Å². The van der Waals surface area contributed by atoms with Crippen LogP contribution in [0, 0.1) is 13.8 Å². The lowest BCUT2D eigenvalue weighted by Gasteiger charge is -2.34. The molecule has 0 aliphatic carbocycles. The van der Waals surface area contributed by atoms with Gasteiger partial charge in [0.25, 0.3) is 5.91 Å². The summed E-state index contributed by atoms with van der Waals surface area (Å²) in [5, 5.41) is 4.18. The number of carbonyl (C=O) groups is 1. The summed E-state index contributed by atoms with van der Waals surface area (Å²) in [5.41, 5.74) is 3.46. The molecular weight excluding hydrogens is 400 g/mol. The highest BCUT2D eigenvalue weighted by Crippen LogP contribution is 2.21. The first-order valence-corrected chi connectivity index (χ1v) is 11.3. The predicted molar refractivity (Wildman–Crippen MR) is 114 cm³/mol. The molecule has 8 heteroatoms. The Morgan fingerprint density at radius 3 is 2.23 bits per heavy atom. The average molecular weight is 425 g/mol. The van der Waals surface area contributed by atoms with E-state index in [4.69, 9.17) is 0 Å². The quantitative estimate of drug-likeness (QED) is 0.645. The van der Waals surface area contributed by atoms with Gasteiger partial charge in [-0.1, -0.05) is 6.07 Å². The number of hydrogen-bond acceptors (Lipinski definition) is 4. The summed E-state index contributed by atoms with van der Waals surface area (Å²) >= 11 is 0. The lowest BCUT2D eigenvalue weighted by atomic mass is 10.1. The fraction of sp³-hybridized carbons (Fsp3) is 0.273. The fourth-order valence-electron chi connectivity index (χ4n) is 3.52. The number of nitrogens with zero attached hydrogens (tertiary/aromatic N) is 4. The number of rotatable bonds is 4. The molecule has 0 radical (unpaired) electrons. The molecule has 0 unspecified atom stereocenters. The molecular formula is C22H24N4O3S. The van der Waals surface area contributed by atoms with Gasteiger partial charge in [0.15, 0.2) is 0 Å². The summed E-state index contributed by atoms with van der Waals surface area (Å²) in [6, 6.07) is 14.3. The Morgan fingerprint density at radius 2 is 1.63 bits per heavy atom. The first-order chi connectivity index (χ1) is 14.4. The third-order valence-corrected chi connectivity index (χ3v) is 7.42. The summed E-state index contributed by atoms with van der Waals surface area (Å²) in [7, 11) is -3.56. The van der Waals surface area contributed by atoms with Crippen molar-refractivity contribution < 1.29 is 13.2 Å². The molecule has 3 aromatic rings. The fourth-order valence-corrected chi connectivity index (χ4v) is 5.02. The first kappa shape index (κ1) is 20.3. The molecule has 156 valence electrons. The Balaban J connectivity index is 1.42. The number of sulfonamides is 1. The predicted octanol–water partition coefficient (Wildman–Crippen LogP) is 2.64. The van der Waals surface area contributed by atoms with Gasteiger partial charge in [-0.3, -0.25) is 4.79 Å². The second kappa shape index (κ2) is 8.04. The Kier molecular flexibility index (Phi) is 5.44. The maximum atomic E-state index is 13.0. The molecule has 1 aromatic heterocycles. The summed E-state index contributed by atoms with van der Waals surface area (Å²) in [6.45, 7) is 5.16. The van der Waals surface area contributed by atoms with Crippen LogP contribution in [0.1, 0.15) is 21.5 Å². The van der Waals surface area contributed by atoms with E-state index in [-0.39, 0.29) is 19.0 Å². The van der Waals surface area contributed by atoms with Crippen LogP contribution < -0.4 is 0 Å². The molecule has 1 fully saturated rings. The third kappa shape index (κ3) is 3.88. The minimum atomic E-state index is -3.56. The molecule has 1 amide bonds. The van der Waals surface area contributed by atoms with Crippen LogP contribution in [0.25, 0.3) is 5.69 Å². The minimum Gasteiger partial charge on any atom is -0.336 e. The summed E-state index contributed by atoms with van der Waals surface area (Å²) in [6.07, 6.45) is 3.54. The minimum absolute atomic E-state index is 0.0924. The van der Waals surface area contributed by atoms with E-state index in [1.807, 2.05) is 44.3 Å². The van der Waals surface area contributed by atoms with Crippen LogP contribution in [-0.4, -0.2) is 59.5 Å². The monoisotopic (exact) mass is 424 g/mol. The number of aromatic nitrogens is 2. The maximum Gasteiger partial charge on any atom is 0.253 e. The van der Waals surface area contributed by atoms with E-state index in [0.29, 0.717) is 23.5 Å². The van der Waals surface area contributed by atoms with Crippen LogP contribution in [0.4, 0.5) is 0 Å². The number of hydrogen-bond donors (Lipinski definition) is 0. The van der Waals surface area contributed by atoms with Gasteiger partial charge in [-0.05, 0) is 67.4 Å². The Labute approximate surface area is 176 Å². The van der Waals surface area contributed by atoms with Crippen molar-refractivity contribution in [2.45, 2.75) is 18.7 Å². The topological polar surface area (TPSA) is 75.5 Å². The molecule has 0 saturated carbocycles. The van der Waals surface area contributed by atoms with Gasteiger partial charge in [-0.25, -0.2) is 13.1 Å². The van der Waals surface area contributed by atoms with Crippen LogP contribution in [-0.2, 0) is 10.0 Å². The molecule has 1 aliphatic rings. The summed E-state index contributed by atoms with van der Waals surface area (Å²) in [5.74, 6) is -0.0924. The lowest BCUT2D eigenvalue weighted by Crippen LogP contribution is -2.50. The number of carbonyl (C=O) groups excluding carboxylic acids is 1.